The number of rotatable bonds is 5. The molecule has 9 heteroatoms. The highest BCUT2D eigenvalue weighted by Crippen LogP contribution is 2.26. The average Bonchev–Trinajstić information content (AvgIpc) is 2.47. The van der Waals surface area contributed by atoms with Crippen molar-refractivity contribution in [1.82, 2.24) is 0 Å². The van der Waals surface area contributed by atoms with Gasteiger partial charge in [-0.1, -0.05) is 45.2 Å². The maximum Gasteiger partial charge on any atom is 0.245 e. The summed E-state index contributed by atoms with van der Waals surface area (Å²) in [4.78, 5) is 12.3. The number of hydrogen-bond acceptors (Lipinski definition) is 3. The van der Waals surface area contributed by atoms with Gasteiger partial charge in [-0.05, 0) is 36.4 Å². The topological polar surface area (TPSA) is 66.5 Å². The minimum absolute atomic E-state index is 0.307. The first-order valence-electron chi connectivity index (χ1n) is 6.65. The molecule has 5 nitrogen and oxygen atoms in total. The zero-order chi connectivity index (χ0) is 17.9. The number of nitrogens with one attached hydrogen (secondary N) is 1. The van der Waals surface area contributed by atoms with E-state index in [1.54, 1.807) is 36.4 Å². The van der Waals surface area contributed by atoms with Gasteiger partial charge in [0.1, 0.15) is 6.54 Å². The molecule has 128 valence electrons. The highest BCUT2D eigenvalue weighted by Gasteiger charge is 2.21. The van der Waals surface area contributed by atoms with E-state index >= 15 is 0 Å². The molecule has 0 aliphatic carbocycles. The predicted octanol–water partition coefficient (Wildman–Crippen LogP) is 4.16. The molecule has 1 N–H and O–H groups in total. The van der Waals surface area contributed by atoms with Crippen LogP contribution < -0.4 is 9.62 Å². The van der Waals surface area contributed by atoms with Crippen LogP contribution in [-0.2, 0) is 14.8 Å². The first-order chi connectivity index (χ1) is 11.2. The van der Waals surface area contributed by atoms with Crippen LogP contribution in [0.4, 0.5) is 11.4 Å². The van der Waals surface area contributed by atoms with Crippen molar-refractivity contribution in [1.29, 1.82) is 0 Å². The lowest BCUT2D eigenvalue weighted by molar-refractivity contribution is -0.114. The summed E-state index contributed by atoms with van der Waals surface area (Å²) in [6, 6.07) is 11.3. The first-order valence-corrected chi connectivity index (χ1v) is 10.0. The molecule has 0 fully saturated rings. The highest BCUT2D eigenvalue weighted by atomic mass is 79.9. The summed E-state index contributed by atoms with van der Waals surface area (Å²) >= 11 is 15.1. The second-order valence-corrected chi connectivity index (χ2v) is 8.59. The third-order valence-corrected chi connectivity index (χ3v) is 5.18. The van der Waals surface area contributed by atoms with Crippen LogP contribution in [-0.4, -0.2) is 27.1 Å². The fourth-order valence-corrected chi connectivity index (χ4v) is 3.52. The van der Waals surface area contributed by atoms with Gasteiger partial charge in [0.15, 0.2) is 0 Å². The number of carbonyl (C=O) groups excluding carboxylic acids is 1. The standard InChI is InChI=1S/C15H13BrCl2N2O3S/c1-24(22,23)20(12-4-2-3-10(16)7-12)9-15(21)19-14-8-11(17)5-6-13(14)18/h2-8H,9H2,1H3,(H,19,21). The van der Waals surface area contributed by atoms with Crippen LogP contribution in [0.3, 0.4) is 0 Å². The van der Waals surface area contributed by atoms with Crippen molar-refractivity contribution in [2.24, 2.45) is 0 Å². The summed E-state index contributed by atoms with van der Waals surface area (Å²) < 4.78 is 25.8. The lowest BCUT2D eigenvalue weighted by atomic mass is 10.3. The number of anilines is 2. The van der Waals surface area contributed by atoms with Crippen LogP contribution in [0.5, 0.6) is 0 Å². The maximum atomic E-state index is 12.3. The van der Waals surface area contributed by atoms with Gasteiger partial charge in [-0.2, -0.15) is 0 Å². The van der Waals surface area contributed by atoms with E-state index in [0.717, 1.165) is 10.6 Å². The van der Waals surface area contributed by atoms with Gasteiger partial charge in [-0.25, -0.2) is 8.42 Å². The fraction of sp³-hybridized carbons (Fsp3) is 0.133. The van der Waals surface area contributed by atoms with Crippen LogP contribution >= 0.6 is 39.1 Å². The normalized spacial score (nSPS) is 11.2. The molecule has 0 spiro atoms. The van der Waals surface area contributed by atoms with Crippen LogP contribution in [0.2, 0.25) is 10.0 Å². The van der Waals surface area contributed by atoms with Crippen LogP contribution in [0.1, 0.15) is 0 Å². The number of benzene rings is 2. The largest absolute Gasteiger partial charge is 0.323 e. The third kappa shape index (κ3) is 5.11. The van der Waals surface area contributed by atoms with Gasteiger partial charge < -0.3 is 5.32 Å². The molecule has 0 bridgehead atoms. The summed E-state index contributed by atoms with van der Waals surface area (Å²) in [6.07, 6.45) is 1.04. The zero-order valence-corrected chi connectivity index (χ0v) is 16.4. The van der Waals surface area contributed by atoms with E-state index in [-0.39, 0.29) is 0 Å². The third-order valence-electron chi connectivity index (χ3n) is 2.99. The van der Waals surface area contributed by atoms with Gasteiger partial charge in [-0.15, -0.1) is 0 Å². The molecule has 24 heavy (non-hydrogen) atoms. The molecule has 0 saturated carbocycles. The van der Waals surface area contributed by atoms with Crippen molar-refractivity contribution < 1.29 is 13.2 Å². The lowest BCUT2D eigenvalue weighted by Crippen LogP contribution is -2.37. The van der Waals surface area contributed by atoms with Crippen molar-refractivity contribution in [3.63, 3.8) is 0 Å². The second kappa shape index (κ2) is 7.74. The van der Waals surface area contributed by atoms with E-state index in [2.05, 4.69) is 21.2 Å². The Morgan fingerprint density at radius 1 is 1.21 bits per heavy atom. The summed E-state index contributed by atoms with van der Waals surface area (Å²) in [5, 5.41) is 3.28. The monoisotopic (exact) mass is 450 g/mol. The van der Waals surface area contributed by atoms with Crippen LogP contribution in [0.15, 0.2) is 46.9 Å². The molecule has 2 rings (SSSR count). The van der Waals surface area contributed by atoms with Crippen molar-refractivity contribution in [2.75, 3.05) is 22.4 Å². The molecule has 0 aromatic heterocycles. The zero-order valence-electron chi connectivity index (χ0n) is 12.5. The number of carbonyl (C=O) groups is 1. The number of sulfonamides is 1. The van der Waals surface area contributed by atoms with Crippen LogP contribution in [0.25, 0.3) is 0 Å². The van der Waals surface area contributed by atoms with Gasteiger partial charge in [0.05, 0.1) is 22.7 Å². The molecule has 2 aromatic carbocycles. The second-order valence-electron chi connectivity index (χ2n) is 4.92. The highest BCUT2D eigenvalue weighted by molar-refractivity contribution is 9.10. The van der Waals surface area contributed by atoms with Crippen LogP contribution in [0, 0.1) is 0 Å². The molecule has 0 saturated heterocycles. The molecule has 0 aliphatic heterocycles. The smallest absolute Gasteiger partial charge is 0.245 e. The molecule has 0 aliphatic rings. The number of hydrogen-bond donors (Lipinski definition) is 1. The van der Waals surface area contributed by atoms with Crippen molar-refractivity contribution in [3.05, 3.63) is 57.0 Å². The first kappa shape index (κ1) is 19.1. The van der Waals surface area contributed by atoms with E-state index in [9.17, 15) is 13.2 Å². The Kier molecular flexibility index (Phi) is 6.14. The number of amides is 1. The SMILES string of the molecule is CS(=O)(=O)N(CC(=O)Nc1cc(Cl)ccc1Cl)c1cccc(Br)c1. The summed E-state index contributed by atoms with van der Waals surface area (Å²) in [7, 11) is -3.65. The maximum absolute atomic E-state index is 12.3. The molecule has 2 aromatic rings. The van der Waals surface area contributed by atoms with Gasteiger partial charge >= 0.3 is 0 Å². The van der Waals surface area contributed by atoms with E-state index < -0.39 is 22.5 Å². The Morgan fingerprint density at radius 2 is 1.92 bits per heavy atom. The van der Waals surface area contributed by atoms with Gasteiger partial charge in [0, 0.05) is 9.50 Å². The minimum atomic E-state index is -3.65. The van der Waals surface area contributed by atoms with E-state index in [1.165, 1.54) is 6.07 Å². The summed E-state index contributed by atoms with van der Waals surface area (Å²) in [6.45, 7) is -0.391. The van der Waals surface area contributed by atoms with Gasteiger partial charge in [0.2, 0.25) is 15.9 Å². The molecule has 0 atom stereocenters. The minimum Gasteiger partial charge on any atom is -0.323 e. The van der Waals surface area contributed by atoms with E-state index in [0.29, 0.717) is 25.9 Å². The fourth-order valence-electron chi connectivity index (χ4n) is 1.94. The molecule has 0 radical (unpaired) electrons. The number of halogens is 3. The Hall–Kier alpha value is -1.28. The van der Waals surface area contributed by atoms with Gasteiger partial charge in [-0.3, -0.25) is 9.10 Å². The Balaban J connectivity index is 2.24. The Labute approximate surface area is 158 Å². The molecule has 0 heterocycles. The summed E-state index contributed by atoms with van der Waals surface area (Å²) in [5.41, 5.74) is 0.691. The predicted molar refractivity (Wildman–Crippen MR) is 101 cm³/mol. The lowest BCUT2D eigenvalue weighted by Gasteiger charge is -2.22. The van der Waals surface area contributed by atoms with Crippen molar-refractivity contribution in [3.8, 4) is 0 Å². The van der Waals surface area contributed by atoms with Crippen molar-refractivity contribution >= 4 is 66.4 Å². The van der Waals surface area contributed by atoms with E-state index in [1.807, 2.05) is 0 Å². The Bertz CT molecular complexity index is 875. The molecular formula is C15H13BrCl2N2O3S. The number of nitrogens with zero attached hydrogens (tertiary/aromatic N) is 1. The molecular weight excluding hydrogens is 439 g/mol. The Morgan fingerprint density at radius 3 is 2.54 bits per heavy atom. The quantitative estimate of drug-likeness (QED) is 0.741. The van der Waals surface area contributed by atoms with Gasteiger partial charge in [0.25, 0.3) is 0 Å². The average molecular weight is 452 g/mol. The van der Waals surface area contributed by atoms with E-state index in [4.69, 9.17) is 23.2 Å². The molecule has 1 amide bonds. The molecule has 0 unspecified atom stereocenters. The van der Waals surface area contributed by atoms with Crippen molar-refractivity contribution in [2.45, 2.75) is 0 Å². The summed E-state index contributed by atoms with van der Waals surface area (Å²) in [5.74, 6) is -0.537.